The minimum Gasteiger partial charge on any atom is -0.349 e. The molecule has 5 heteroatoms. The summed E-state index contributed by atoms with van der Waals surface area (Å²) >= 11 is 0. The fraction of sp³-hybridized carbons (Fsp3) is 0.136. The zero-order chi connectivity index (χ0) is 18.2. The molecule has 27 heavy (non-hydrogen) atoms. The Labute approximate surface area is 156 Å². The van der Waals surface area contributed by atoms with Gasteiger partial charge in [0, 0.05) is 17.2 Å². The van der Waals surface area contributed by atoms with Crippen LogP contribution in [0.2, 0.25) is 0 Å². The van der Waals surface area contributed by atoms with Crippen LogP contribution in [0.25, 0.3) is 28.2 Å². The normalized spacial score (nSPS) is 13.6. The van der Waals surface area contributed by atoms with Crippen LogP contribution in [0.1, 0.15) is 23.2 Å². The Balaban J connectivity index is 1.72. The number of hydrogen-bond acceptors (Lipinski definition) is 3. The smallest absolute Gasteiger partial charge is 0.256 e. The van der Waals surface area contributed by atoms with Crippen LogP contribution in [0.4, 0.5) is 0 Å². The Kier molecular flexibility index (Phi) is 3.71. The summed E-state index contributed by atoms with van der Waals surface area (Å²) < 4.78 is 1.75. The van der Waals surface area contributed by atoms with Crippen LogP contribution in [-0.2, 0) is 0 Å². The van der Waals surface area contributed by atoms with E-state index in [0.717, 1.165) is 35.4 Å². The first-order chi connectivity index (χ1) is 13.3. The molecule has 0 bridgehead atoms. The molecule has 1 N–H and O–H groups in total. The lowest BCUT2D eigenvalue weighted by molar-refractivity contribution is 0.0952. The Morgan fingerprint density at radius 3 is 2.30 bits per heavy atom. The molecule has 1 aliphatic carbocycles. The molecule has 5 nitrogen and oxygen atoms in total. The average Bonchev–Trinajstić information content (AvgIpc) is 3.43. The number of benzene rings is 2. The van der Waals surface area contributed by atoms with Crippen molar-refractivity contribution in [2.45, 2.75) is 18.9 Å². The SMILES string of the molecule is O=C(NC1CC1)c1cnn2c(-c3ccccc3)cc(-c3ccccc3)nc12. The maximum Gasteiger partial charge on any atom is 0.256 e. The van der Waals surface area contributed by atoms with Crippen molar-refractivity contribution < 1.29 is 4.79 Å². The summed E-state index contributed by atoms with van der Waals surface area (Å²) in [5, 5.41) is 7.51. The lowest BCUT2D eigenvalue weighted by Gasteiger charge is -2.09. The summed E-state index contributed by atoms with van der Waals surface area (Å²) in [6.07, 6.45) is 3.70. The van der Waals surface area contributed by atoms with Crippen molar-refractivity contribution in [2.75, 3.05) is 0 Å². The number of amides is 1. The summed E-state index contributed by atoms with van der Waals surface area (Å²) in [4.78, 5) is 17.4. The molecule has 0 aliphatic heterocycles. The average molecular weight is 354 g/mol. The van der Waals surface area contributed by atoms with Gasteiger partial charge in [-0.05, 0) is 18.9 Å². The Bertz CT molecular complexity index is 1120. The summed E-state index contributed by atoms with van der Waals surface area (Å²) in [5.74, 6) is -0.107. The van der Waals surface area contributed by atoms with E-state index < -0.39 is 0 Å². The van der Waals surface area contributed by atoms with E-state index in [9.17, 15) is 4.79 Å². The van der Waals surface area contributed by atoms with E-state index >= 15 is 0 Å². The van der Waals surface area contributed by atoms with Gasteiger partial charge in [0.25, 0.3) is 5.91 Å². The highest BCUT2D eigenvalue weighted by molar-refractivity contribution is 6.00. The van der Waals surface area contributed by atoms with Gasteiger partial charge in [-0.2, -0.15) is 5.10 Å². The van der Waals surface area contributed by atoms with Crippen LogP contribution in [0.3, 0.4) is 0 Å². The summed E-state index contributed by atoms with van der Waals surface area (Å²) in [6, 6.07) is 22.4. The number of fused-ring (bicyclic) bond motifs is 1. The van der Waals surface area contributed by atoms with Gasteiger partial charge in [0.2, 0.25) is 0 Å². The molecule has 0 radical (unpaired) electrons. The second-order valence-corrected chi connectivity index (χ2v) is 6.80. The molecule has 1 amide bonds. The first-order valence-corrected chi connectivity index (χ1v) is 9.10. The monoisotopic (exact) mass is 354 g/mol. The molecule has 1 saturated carbocycles. The molecule has 2 aromatic heterocycles. The second-order valence-electron chi connectivity index (χ2n) is 6.80. The standard InChI is InChI=1S/C22H18N4O/c27-22(24-17-11-12-17)18-14-23-26-20(16-9-5-2-6-10-16)13-19(25-21(18)26)15-7-3-1-4-8-15/h1-10,13-14,17H,11-12H2,(H,24,27). The Hall–Kier alpha value is -3.47. The van der Waals surface area contributed by atoms with Gasteiger partial charge in [-0.1, -0.05) is 60.7 Å². The summed E-state index contributed by atoms with van der Waals surface area (Å²) in [6.45, 7) is 0. The largest absolute Gasteiger partial charge is 0.349 e. The van der Waals surface area contributed by atoms with E-state index in [1.165, 1.54) is 0 Å². The molecular weight excluding hydrogens is 336 g/mol. The Morgan fingerprint density at radius 2 is 1.63 bits per heavy atom. The molecule has 1 aliphatic rings. The molecule has 0 saturated heterocycles. The highest BCUT2D eigenvalue weighted by Crippen LogP contribution is 2.27. The third kappa shape index (κ3) is 2.97. The van der Waals surface area contributed by atoms with Crippen LogP contribution < -0.4 is 5.32 Å². The van der Waals surface area contributed by atoms with E-state index in [0.29, 0.717) is 17.3 Å². The van der Waals surface area contributed by atoms with Gasteiger partial charge in [-0.15, -0.1) is 0 Å². The van der Waals surface area contributed by atoms with Gasteiger partial charge in [-0.25, -0.2) is 9.50 Å². The molecule has 5 rings (SSSR count). The topological polar surface area (TPSA) is 59.3 Å². The maximum absolute atomic E-state index is 12.7. The van der Waals surface area contributed by atoms with Gasteiger partial charge in [0.1, 0.15) is 5.56 Å². The molecule has 4 aromatic rings. The highest BCUT2D eigenvalue weighted by atomic mass is 16.1. The fourth-order valence-electron chi connectivity index (χ4n) is 3.19. The number of carbonyl (C=O) groups excluding carboxylic acids is 1. The molecule has 0 atom stereocenters. The quantitative estimate of drug-likeness (QED) is 0.603. The van der Waals surface area contributed by atoms with Gasteiger partial charge >= 0.3 is 0 Å². The zero-order valence-electron chi connectivity index (χ0n) is 14.7. The maximum atomic E-state index is 12.7. The molecule has 0 unspecified atom stereocenters. The van der Waals surface area contributed by atoms with Gasteiger partial charge < -0.3 is 5.32 Å². The van der Waals surface area contributed by atoms with Crippen molar-refractivity contribution in [3.05, 3.63) is 78.5 Å². The summed E-state index contributed by atoms with van der Waals surface area (Å²) in [5.41, 5.74) is 4.85. The Morgan fingerprint density at radius 1 is 0.963 bits per heavy atom. The van der Waals surface area contributed by atoms with Gasteiger partial charge in [0.15, 0.2) is 5.65 Å². The number of hydrogen-bond donors (Lipinski definition) is 1. The van der Waals surface area contributed by atoms with Gasteiger partial charge in [-0.3, -0.25) is 4.79 Å². The van der Waals surface area contributed by atoms with Crippen molar-refractivity contribution in [2.24, 2.45) is 0 Å². The lowest BCUT2D eigenvalue weighted by atomic mass is 10.1. The molecule has 132 valence electrons. The second kappa shape index (κ2) is 6.36. The van der Waals surface area contributed by atoms with Crippen LogP contribution in [-0.4, -0.2) is 26.5 Å². The van der Waals surface area contributed by atoms with Crippen LogP contribution in [0, 0.1) is 0 Å². The molecule has 2 aromatic carbocycles. The first-order valence-electron chi connectivity index (χ1n) is 9.10. The van der Waals surface area contributed by atoms with Crippen molar-refractivity contribution >= 4 is 11.6 Å². The van der Waals surface area contributed by atoms with Crippen molar-refractivity contribution in [1.29, 1.82) is 0 Å². The molecule has 1 fully saturated rings. The predicted molar refractivity (Wildman–Crippen MR) is 104 cm³/mol. The van der Waals surface area contributed by atoms with Crippen molar-refractivity contribution in [3.8, 4) is 22.5 Å². The van der Waals surface area contributed by atoms with Crippen molar-refractivity contribution in [1.82, 2.24) is 19.9 Å². The number of nitrogens with zero attached hydrogens (tertiary/aromatic N) is 3. The minimum absolute atomic E-state index is 0.107. The van der Waals surface area contributed by atoms with E-state index in [-0.39, 0.29) is 5.91 Å². The third-order valence-electron chi connectivity index (χ3n) is 4.77. The van der Waals surface area contributed by atoms with Crippen molar-refractivity contribution in [3.63, 3.8) is 0 Å². The van der Waals surface area contributed by atoms with E-state index in [1.807, 2.05) is 66.7 Å². The van der Waals surface area contributed by atoms with E-state index in [1.54, 1.807) is 10.7 Å². The minimum atomic E-state index is -0.107. The molecular formula is C22H18N4O. The number of rotatable bonds is 4. The zero-order valence-corrected chi connectivity index (χ0v) is 14.7. The fourth-order valence-corrected chi connectivity index (χ4v) is 3.19. The van der Waals surface area contributed by atoms with Crippen LogP contribution >= 0.6 is 0 Å². The number of carbonyl (C=O) groups is 1. The molecule has 2 heterocycles. The summed E-state index contributed by atoms with van der Waals surface area (Å²) in [7, 11) is 0. The number of nitrogens with one attached hydrogen (secondary N) is 1. The highest BCUT2D eigenvalue weighted by Gasteiger charge is 2.26. The molecule has 0 spiro atoms. The lowest BCUT2D eigenvalue weighted by Crippen LogP contribution is -2.25. The first kappa shape index (κ1) is 15.8. The third-order valence-corrected chi connectivity index (χ3v) is 4.77. The van der Waals surface area contributed by atoms with E-state index in [4.69, 9.17) is 4.98 Å². The van der Waals surface area contributed by atoms with Gasteiger partial charge in [0.05, 0.1) is 17.6 Å². The van der Waals surface area contributed by atoms with E-state index in [2.05, 4.69) is 10.4 Å². The number of aromatic nitrogens is 3. The van der Waals surface area contributed by atoms with Crippen LogP contribution in [0.5, 0.6) is 0 Å². The predicted octanol–water partition coefficient (Wildman–Crippen LogP) is 3.96. The van der Waals surface area contributed by atoms with Crippen LogP contribution in [0.15, 0.2) is 72.9 Å².